The summed E-state index contributed by atoms with van der Waals surface area (Å²) in [5.41, 5.74) is 2.95. The van der Waals surface area contributed by atoms with Gasteiger partial charge in [0.25, 0.3) is 0 Å². The van der Waals surface area contributed by atoms with Gasteiger partial charge in [-0.2, -0.15) is 0 Å². The van der Waals surface area contributed by atoms with Gasteiger partial charge in [-0.25, -0.2) is 0 Å². The topological polar surface area (TPSA) is 80.9 Å². The molecule has 0 aliphatic rings. The van der Waals surface area contributed by atoms with Crippen LogP contribution in [0.2, 0.25) is 0 Å². The third-order valence-corrected chi connectivity index (χ3v) is 3.44. The molecule has 1 aromatic rings. The maximum atomic E-state index is 10.3. The summed E-state index contributed by atoms with van der Waals surface area (Å²) in [6, 6.07) is 3.54. The number of benzene rings is 1. The maximum absolute atomic E-state index is 10.3. The van der Waals surface area contributed by atoms with Crippen molar-refractivity contribution in [2.75, 3.05) is 6.61 Å². The van der Waals surface area contributed by atoms with E-state index in [0.717, 1.165) is 5.56 Å². The van der Waals surface area contributed by atoms with E-state index in [1.54, 1.807) is 6.07 Å². The second kappa shape index (κ2) is 8.41. The van der Waals surface area contributed by atoms with Crippen molar-refractivity contribution in [1.82, 2.24) is 0 Å². The van der Waals surface area contributed by atoms with Crippen LogP contribution in [0.3, 0.4) is 0 Å². The molecule has 0 saturated carbocycles. The molecular weight excluding hydrogens is 280 g/mol. The third-order valence-electron chi connectivity index (χ3n) is 3.44. The van der Waals surface area contributed by atoms with Crippen LogP contribution in [0.4, 0.5) is 0 Å². The zero-order valence-corrected chi connectivity index (χ0v) is 13.1. The van der Waals surface area contributed by atoms with E-state index in [1.165, 1.54) is 6.08 Å². The maximum Gasteiger partial charge on any atom is 0.124 e. The number of allylic oxidation sites excluding steroid dienone is 2. The van der Waals surface area contributed by atoms with E-state index >= 15 is 0 Å². The molecule has 1 rings (SSSR count). The first-order valence-corrected chi connectivity index (χ1v) is 7.25. The third kappa shape index (κ3) is 4.23. The van der Waals surface area contributed by atoms with Crippen molar-refractivity contribution in [1.29, 1.82) is 0 Å². The van der Waals surface area contributed by atoms with Crippen LogP contribution >= 0.6 is 0 Å². The van der Waals surface area contributed by atoms with Crippen LogP contribution in [0, 0.1) is 6.92 Å². The van der Waals surface area contributed by atoms with Gasteiger partial charge in [0.15, 0.2) is 0 Å². The van der Waals surface area contributed by atoms with Gasteiger partial charge in [0.05, 0.1) is 13.2 Å². The second-order valence-electron chi connectivity index (χ2n) is 5.14. The Morgan fingerprint density at radius 3 is 2.36 bits per heavy atom. The lowest BCUT2D eigenvalue weighted by Gasteiger charge is -2.14. The number of aliphatic hydroxyl groups excluding tert-OH is 3. The first-order chi connectivity index (χ1) is 10.5. The molecule has 0 saturated heterocycles. The van der Waals surface area contributed by atoms with Crippen molar-refractivity contribution in [3.63, 3.8) is 0 Å². The van der Waals surface area contributed by atoms with Gasteiger partial charge >= 0.3 is 0 Å². The quantitative estimate of drug-likeness (QED) is 0.461. The van der Waals surface area contributed by atoms with Crippen molar-refractivity contribution in [3.05, 3.63) is 64.5 Å². The molecule has 0 fully saturated rings. The van der Waals surface area contributed by atoms with E-state index in [4.69, 9.17) is 0 Å². The van der Waals surface area contributed by atoms with E-state index < -0.39 is 0 Å². The molecule has 0 heterocycles. The number of phenols is 1. The Labute approximate surface area is 131 Å². The second-order valence-corrected chi connectivity index (χ2v) is 5.14. The van der Waals surface area contributed by atoms with Gasteiger partial charge in [0, 0.05) is 17.6 Å². The fourth-order valence-electron chi connectivity index (χ4n) is 2.34. The Hall–Kier alpha value is -2.04. The molecule has 0 amide bonds. The number of hydrogen-bond donors (Lipinski definition) is 4. The standard InChI is InChI=1S/C18H24O4/c1-4-6-14(17(21)13(5-2)10-19)9-15-7-12(3)8-16(11-20)18(15)22/h5-8,19-22H,2,4,9-11H2,1,3H3/b14-6-,17-13-. The summed E-state index contributed by atoms with van der Waals surface area (Å²) in [6.45, 7) is 6.84. The first kappa shape index (κ1) is 18.0. The monoisotopic (exact) mass is 304 g/mol. The first-order valence-electron chi connectivity index (χ1n) is 7.25. The molecule has 4 nitrogen and oxygen atoms in total. The molecule has 4 N–H and O–H groups in total. The van der Waals surface area contributed by atoms with E-state index in [1.807, 2.05) is 26.0 Å². The summed E-state index contributed by atoms with van der Waals surface area (Å²) in [6.07, 6.45) is 4.26. The van der Waals surface area contributed by atoms with Gasteiger partial charge in [0.2, 0.25) is 0 Å². The predicted octanol–water partition coefficient (Wildman–Crippen LogP) is 3.06. The Morgan fingerprint density at radius 1 is 1.23 bits per heavy atom. The molecule has 0 aliphatic heterocycles. The Bertz CT molecular complexity index is 597. The van der Waals surface area contributed by atoms with Crippen LogP contribution in [0.25, 0.3) is 0 Å². The molecule has 4 heteroatoms. The zero-order chi connectivity index (χ0) is 16.7. The van der Waals surface area contributed by atoms with E-state index in [2.05, 4.69) is 6.58 Å². The molecule has 22 heavy (non-hydrogen) atoms. The van der Waals surface area contributed by atoms with E-state index in [9.17, 15) is 20.4 Å². The van der Waals surface area contributed by atoms with Crippen LogP contribution in [0.5, 0.6) is 5.75 Å². The fraction of sp³-hybridized carbons (Fsp3) is 0.333. The largest absolute Gasteiger partial charge is 0.507 e. The fourth-order valence-corrected chi connectivity index (χ4v) is 2.34. The number of aromatic hydroxyl groups is 1. The SMILES string of the molecule is C=C/C(CO)=C(O)\C(=C/CC)Cc1cc(C)cc(CO)c1O. The predicted molar refractivity (Wildman–Crippen MR) is 87.8 cm³/mol. The minimum atomic E-state index is -0.307. The van der Waals surface area contributed by atoms with Gasteiger partial charge in [0.1, 0.15) is 11.5 Å². The van der Waals surface area contributed by atoms with Crippen LogP contribution in [-0.4, -0.2) is 27.0 Å². The summed E-state index contributed by atoms with van der Waals surface area (Å²) < 4.78 is 0. The molecule has 0 bridgehead atoms. The minimum absolute atomic E-state index is 0.0224. The molecule has 0 aliphatic carbocycles. The van der Waals surface area contributed by atoms with Crippen molar-refractivity contribution in [2.45, 2.75) is 33.3 Å². The van der Waals surface area contributed by atoms with Gasteiger partial charge in [-0.3, -0.25) is 0 Å². The van der Waals surface area contributed by atoms with Gasteiger partial charge < -0.3 is 20.4 Å². The number of rotatable bonds is 7. The smallest absolute Gasteiger partial charge is 0.124 e. The zero-order valence-electron chi connectivity index (χ0n) is 13.1. The summed E-state index contributed by atoms with van der Waals surface area (Å²) in [5, 5.41) is 39.1. The van der Waals surface area contributed by atoms with Crippen LogP contribution in [0.15, 0.2) is 47.8 Å². The lowest BCUT2D eigenvalue weighted by Crippen LogP contribution is -2.02. The molecule has 1 aromatic carbocycles. The average Bonchev–Trinajstić information content (AvgIpc) is 2.50. The summed E-state index contributed by atoms with van der Waals surface area (Å²) >= 11 is 0. The average molecular weight is 304 g/mol. The lowest BCUT2D eigenvalue weighted by molar-refractivity contribution is 0.275. The Kier molecular flexibility index (Phi) is 6.89. The van der Waals surface area contributed by atoms with Gasteiger partial charge in [-0.05, 0) is 24.5 Å². The molecule has 0 unspecified atom stereocenters. The molecule has 0 aromatic heterocycles. The molecular formula is C18H24O4. The number of aryl methyl sites for hydroxylation is 1. The summed E-state index contributed by atoms with van der Waals surface area (Å²) in [5.74, 6) is 0.0119. The minimum Gasteiger partial charge on any atom is -0.507 e. The van der Waals surface area contributed by atoms with Crippen LogP contribution in [-0.2, 0) is 13.0 Å². The molecule has 0 radical (unpaired) electrons. The lowest BCUT2D eigenvalue weighted by atomic mass is 9.96. The normalized spacial score (nSPS) is 13.0. The Balaban J connectivity index is 3.29. The van der Waals surface area contributed by atoms with E-state index in [0.29, 0.717) is 35.1 Å². The van der Waals surface area contributed by atoms with Crippen molar-refractivity contribution < 1.29 is 20.4 Å². The highest BCUT2D eigenvalue weighted by Crippen LogP contribution is 2.29. The highest BCUT2D eigenvalue weighted by Gasteiger charge is 2.14. The molecule has 0 atom stereocenters. The van der Waals surface area contributed by atoms with E-state index in [-0.39, 0.29) is 24.7 Å². The van der Waals surface area contributed by atoms with Crippen molar-refractivity contribution in [3.8, 4) is 5.75 Å². The molecule has 0 spiro atoms. The van der Waals surface area contributed by atoms with Crippen LogP contribution in [0.1, 0.15) is 30.0 Å². The van der Waals surface area contributed by atoms with Crippen LogP contribution < -0.4 is 0 Å². The highest BCUT2D eigenvalue weighted by molar-refractivity contribution is 5.47. The summed E-state index contributed by atoms with van der Waals surface area (Å²) in [4.78, 5) is 0. The van der Waals surface area contributed by atoms with Crippen molar-refractivity contribution in [2.24, 2.45) is 0 Å². The number of hydrogen-bond acceptors (Lipinski definition) is 4. The number of aliphatic hydroxyl groups is 3. The van der Waals surface area contributed by atoms with Gasteiger partial charge in [-0.1, -0.05) is 43.4 Å². The molecule has 120 valence electrons. The van der Waals surface area contributed by atoms with Crippen molar-refractivity contribution >= 4 is 0 Å². The van der Waals surface area contributed by atoms with Gasteiger partial charge in [-0.15, -0.1) is 0 Å². The summed E-state index contributed by atoms with van der Waals surface area (Å²) in [7, 11) is 0. The Morgan fingerprint density at radius 2 is 1.86 bits per heavy atom. The highest BCUT2D eigenvalue weighted by atomic mass is 16.3.